The molecule has 0 saturated carbocycles. The van der Waals surface area contributed by atoms with E-state index in [1.54, 1.807) is 21.3 Å². The van der Waals surface area contributed by atoms with E-state index in [9.17, 15) is 0 Å². The number of hydrogen-bond acceptors (Lipinski definition) is 5. The Balaban J connectivity index is 0.00000450. The number of methoxy groups -OCH3 is 2. The summed E-state index contributed by atoms with van der Waals surface area (Å²) in [6.07, 6.45) is 5.18. The van der Waals surface area contributed by atoms with E-state index < -0.39 is 0 Å². The Morgan fingerprint density at radius 3 is 2.43 bits per heavy atom. The predicted octanol–water partition coefficient (Wildman–Crippen LogP) is 3.25. The van der Waals surface area contributed by atoms with E-state index >= 15 is 0 Å². The molecule has 1 fully saturated rings. The molecule has 0 amide bonds. The van der Waals surface area contributed by atoms with Crippen LogP contribution in [0.2, 0.25) is 0 Å². The van der Waals surface area contributed by atoms with Gasteiger partial charge < -0.3 is 29.6 Å². The van der Waals surface area contributed by atoms with Gasteiger partial charge in [0.2, 0.25) is 0 Å². The number of benzene rings is 1. The molecule has 1 saturated heterocycles. The van der Waals surface area contributed by atoms with Crippen LogP contribution in [0.25, 0.3) is 0 Å². The highest BCUT2D eigenvalue weighted by Crippen LogP contribution is 2.27. The minimum Gasteiger partial charge on any atom is -0.493 e. The molecule has 172 valence electrons. The SMILES string of the molecule is CN=C(NCCCOCC1CCOCC1)NCCCc1ccc(OC)c(OC)c1.I. The van der Waals surface area contributed by atoms with E-state index in [0.717, 1.165) is 89.1 Å². The number of aliphatic imine (C=N–C) groups is 1. The van der Waals surface area contributed by atoms with Gasteiger partial charge in [-0.25, -0.2) is 0 Å². The van der Waals surface area contributed by atoms with Gasteiger partial charge in [0, 0.05) is 46.6 Å². The molecule has 2 rings (SSSR count). The second-order valence-corrected chi connectivity index (χ2v) is 7.20. The van der Waals surface area contributed by atoms with Gasteiger partial charge in [0.25, 0.3) is 0 Å². The van der Waals surface area contributed by atoms with E-state index in [1.807, 2.05) is 12.1 Å². The van der Waals surface area contributed by atoms with Crippen LogP contribution in [0.4, 0.5) is 0 Å². The summed E-state index contributed by atoms with van der Waals surface area (Å²) >= 11 is 0. The van der Waals surface area contributed by atoms with Crippen LogP contribution in [0.3, 0.4) is 0 Å². The third-order valence-corrected chi connectivity index (χ3v) is 5.06. The molecule has 7 nitrogen and oxygen atoms in total. The third kappa shape index (κ3) is 10.2. The van der Waals surface area contributed by atoms with Gasteiger partial charge in [0.15, 0.2) is 17.5 Å². The Morgan fingerprint density at radius 2 is 1.77 bits per heavy atom. The fourth-order valence-electron chi connectivity index (χ4n) is 3.30. The lowest BCUT2D eigenvalue weighted by atomic mass is 10.0. The standard InChI is InChI=1S/C22H37N3O4.HI/c1-23-22(25-12-5-13-29-17-19-9-14-28-15-10-19)24-11-4-6-18-7-8-20(26-2)21(16-18)27-3;/h7-8,16,19H,4-6,9-15,17H2,1-3H3,(H2,23,24,25);1H. The first-order valence-electron chi connectivity index (χ1n) is 10.6. The predicted molar refractivity (Wildman–Crippen MR) is 132 cm³/mol. The zero-order chi connectivity index (χ0) is 20.7. The molecule has 30 heavy (non-hydrogen) atoms. The Kier molecular flexibility index (Phi) is 14.7. The molecule has 1 aromatic rings. The van der Waals surface area contributed by atoms with Crippen LogP contribution < -0.4 is 20.1 Å². The number of hydrogen-bond donors (Lipinski definition) is 2. The van der Waals surface area contributed by atoms with Gasteiger partial charge in [0.1, 0.15) is 0 Å². The maximum atomic E-state index is 5.80. The Labute approximate surface area is 198 Å². The molecule has 0 unspecified atom stereocenters. The Hall–Kier alpha value is -1.26. The van der Waals surface area contributed by atoms with Crippen LogP contribution in [0.5, 0.6) is 11.5 Å². The zero-order valence-electron chi connectivity index (χ0n) is 18.6. The van der Waals surface area contributed by atoms with E-state index in [1.165, 1.54) is 5.56 Å². The fourth-order valence-corrected chi connectivity index (χ4v) is 3.30. The molecule has 0 aromatic heterocycles. The first-order chi connectivity index (χ1) is 14.3. The second-order valence-electron chi connectivity index (χ2n) is 7.20. The summed E-state index contributed by atoms with van der Waals surface area (Å²) in [5.74, 6) is 3.03. The van der Waals surface area contributed by atoms with Crippen LogP contribution in [-0.2, 0) is 15.9 Å². The van der Waals surface area contributed by atoms with Crippen molar-refractivity contribution in [1.29, 1.82) is 0 Å². The summed E-state index contributed by atoms with van der Waals surface area (Å²) in [7, 11) is 5.11. The van der Waals surface area contributed by atoms with Crippen molar-refractivity contribution in [3.05, 3.63) is 23.8 Å². The number of guanidine groups is 1. The first-order valence-corrected chi connectivity index (χ1v) is 10.6. The van der Waals surface area contributed by atoms with Crippen molar-refractivity contribution in [2.45, 2.75) is 32.1 Å². The summed E-state index contributed by atoms with van der Waals surface area (Å²) < 4.78 is 21.8. The average molecular weight is 535 g/mol. The minimum absolute atomic E-state index is 0. The molecule has 2 N–H and O–H groups in total. The summed E-state index contributed by atoms with van der Waals surface area (Å²) in [6, 6.07) is 6.06. The molecule has 0 atom stereocenters. The van der Waals surface area contributed by atoms with Gasteiger partial charge in [-0.2, -0.15) is 0 Å². The molecule has 0 radical (unpaired) electrons. The topological polar surface area (TPSA) is 73.3 Å². The van der Waals surface area contributed by atoms with Crippen molar-refractivity contribution in [3.63, 3.8) is 0 Å². The average Bonchev–Trinajstić information content (AvgIpc) is 2.77. The third-order valence-electron chi connectivity index (χ3n) is 5.06. The van der Waals surface area contributed by atoms with Crippen LogP contribution in [0, 0.1) is 5.92 Å². The van der Waals surface area contributed by atoms with Crippen LogP contribution in [-0.4, -0.2) is 66.7 Å². The highest BCUT2D eigenvalue weighted by Gasteiger charge is 2.13. The lowest BCUT2D eigenvalue weighted by Crippen LogP contribution is -2.38. The normalized spacial score (nSPS) is 14.7. The summed E-state index contributed by atoms with van der Waals surface area (Å²) in [5.41, 5.74) is 1.23. The van der Waals surface area contributed by atoms with Crippen molar-refractivity contribution in [1.82, 2.24) is 10.6 Å². The maximum absolute atomic E-state index is 5.80. The molecule has 1 aromatic carbocycles. The quantitative estimate of drug-likeness (QED) is 0.185. The summed E-state index contributed by atoms with van der Waals surface area (Å²) in [5, 5.41) is 6.70. The maximum Gasteiger partial charge on any atom is 0.190 e. The van der Waals surface area contributed by atoms with Gasteiger partial charge in [-0.3, -0.25) is 4.99 Å². The van der Waals surface area contributed by atoms with Gasteiger partial charge in [0.05, 0.1) is 14.2 Å². The van der Waals surface area contributed by atoms with Crippen LogP contribution in [0.15, 0.2) is 23.2 Å². The van der Waals surface area contributed by atoms with E-state index in [2.05, 4.69) is 21.7 Å². The molecule has 0 spiro atoms. The second kappa shape index (κ2) is 16.4. The lowest BCUT2D eigenvalue weighted by Gasteiger charge is -2.21. The molecule has 1 aliphatic rings. The van der Waals surface area contributed by atoms with Crippen molar-refractivity contribution < 1.29 is 18.9 Å². The summed E-state index contributed by atoms with van der Waals surface area (Å²) in [4.78, 5) is 4.28. The Bertz CT molecular complexity index is 610. The zero-order valence-corrected chi connectivity index (χ0v) is 20.9. The van der Waals surface area contributed by atoms with Gasteiger partial charge >= 0.3 is 0 Å². The highest BCUT2D eigenvalue weighted by atomic mass is 127. The largest absolute Gasteiger partial charge is 0.493 e. The van der Waals surface area contributed by atoms with Crippen molar-refractivity contribution in [2.24, 2.45) is 10.9 Å². The van der Waals surface area contributed by atoms with E-state index in [-0.39, 0.29) is 24.0 Å². The first kappa shape index (κ1) is 26.8. The molecule has 0 bridgehead atoms. The lowest BCUT2D eigenvalue weighted by molar-refractivity contribution is 0.0203. The molecule has 0 aliphatic carbocycles. The van der Waals surface area contributed by atoms with E-state index in [4.69, 9.17) is 18.9 Å². The number of rotatable bonds is 12. The number of ether oxygens (including phenoxy) is 4. The van der Waals surface area contributed by atoms with Gasteiger partial charge in [-0.05, 0) is 55.7 Å². The van der Waals surface area contributed by atoms with Crippen molar-refractivity contribution in [2.75, 3.05) is 60.8 Å². The summed E-state index contributed by atoms with van der Waals surface area (Å²) in [6.45, 7) is 5.09. The highest BCUT2D eigenvalue weighted by molar-refractivity contribution is 14.0. The van der Waals surface area contributed by atoms with E-state index in [0.29, 0.717) is 5.92 Å². The number of aryl methyl sites for hydroxylation is 1. The molecular formula is C22H38IN3O4. The molecule has 8 heteroatoms. The van der Waals surface area contributed by atoms with Gasteiger partial charge in [-0.1, -0.05) is 6.07 Å². The number of halogens is 1. The number of nitrogens with zero attached hydrogens (tertiary/aromatic N) is 1. The Morgan fingerprint density at radius 1 is 1.07 bits per heavy atom. The van der Waals surface area contributed by atoms with Crippen LogP contribution in [0.1, 0.15) is 31.2 Å². The molecule has 1 aliphatic heterocycles. The molecule has 1 heterocycles. The van der Waals surface area contributed by atoms with Crippen molar-refractivity contribution in [3.8, 4) is 11.5 Å². The number of nitrogens with one attached hydrogen (secondary N) is 2. The minimum atomic E-state index is 0. The smallest absolute Gasteiger partial charge is 0.190 e. The monoisotopic (exact) mass is 535 g/mol. The van der Waals surface area contributed by atoms with Crippen LogP contribution >= 0.6 is 24.0 Å². The van der Waals surface area contributed by atoms with Crippen molar-refractivity contribution >= 4 is 29.9 Å². The molecular weight excluding hydrogens is 497 g/mol. The fraction of sp³-hybridized carbons (Fsp3) is 0.682. The van der Waals surface area contributed by atoms with Gasteiger partial charge in [-0.15, -0.1) is 24.0 Å².